The SMILES string of the molecule is O=C(c1c(F)cc(Br)cc1F)N1CCC(CCl)CC1. The van der Waals surface area contributed by atoms with Crippen LogP contribution in [0.3, 0.4) is 0 Å². The van der Waals surface area contributed by atoms with E-state index in [0.29, 0.717) is 24.9 Å². The largest absolute Gasteiger partial charge is 0.338 e. The Morgan fingerprint density at radius 2 is 1.84 bits per heavy atom. The number of amides is 1. The normalized spacial score (nSPS) is 16.7. The lowest BCUT2D eigenvalue weighted by Crippen LogP contribution is -2.39. The van der Waals surface area contributed by atoms with Gasteiger partial charge in [-0.25, -0.2) is 8.78 Å². The third kappa shape index (κ3) is 3.26. The Morgan fingerprint density at radius 3 is 2.32 bits per heavy atom. The van der Waals surface area contributed by atoms with Gasteiger partial charge in [-0.05, 0) is 30.9 Å². The van der Waals surface area contributed by atoms with Gasteiger partial charge in [-0.1, -0.05) is 15.9 Å². The summed E-state index contributed by atoms with van der Waals surface area (Å²) in [5, 5.41) is 0. The number of halogens is 4. The number of alkyl halides is 1. The van der Waals surface area contributed by atoms with Gasteiger partial charge in [0.15, 0.2) is 0 Å². The molecule has 1 fully saturated rings. The third-order valence-corrected chi connectivity index (χ3v) is 4.23. The van der Waals surface area contributed by atoms with Crippen molar-refractivity contribution in [3.63, 3.8) is 0 Å². The van der Waals surface area contributed by atoms with Gasteiger partial charge >= 0.3 is 0 Å². The molecule has 0 radical (unpaired) electrons. The van der Waals surface area contributed by atoms with Crippen molar-refractivity contribution in [3.8, 4) is 0 Å². The van der Waals surface area contributed by atoms with Crippen LogP contribution in [0.5, 0.6) is 0 Å². The molecule has 104 valence electrons. The summed E-state index contributed by atoms with van der Waals surface area (Å²) in [6.07, 6.45) is 1.55. The lowest BCUT2D eigenvalue weighted by atomic mass is 9.98. The second kappa shape index (κ2) is 6.18. The summed E-state index contributed by atoms with van der Waals surface area (Å²) in [7, 11) is 0. The van der Waals surface area contributed by atoms with Crippen molar-refractivity contribution >= 4 is 33.4 Å². The number of piperidine rings is 1. The highest BCUT2D eigenvalue weighted by Crippen LogP contribution is 2.24. The summed E-state index contributed by atoms with van der Waals surface area (Å²) >= 11 is 8.75. The molecule has 19 heavy (non-hydrogen) atoms. The smallest absolute Gasteiger partial charge is 0.259 e. The first-order valence-electron chi connectivity index (χ1n) is 6.02. The number of carbonyl (C=O) groups excluding carboxylic acids is 1. The van der Waals surface area contributed by atoms with Crippen LogP contribution >= 0.6 is 27.5 Å². The molecule has 0 N–H and O–H groups in total. The lowest BCUT2D eigenvalue weighted by Gasteiger charge is -2.31. The number of hydrogen-bond acceptors (Lipinski definition) is 1. The van der Waals surface area contributed by atoms with E-state index in [2.05, 4.69) is 15.9 Å². The molecule has 0 spiro atoms. The minimum atomic E-state index is -0.837. The van der Waals surface area contributed by atoms with E-state index in [1.165, 1.54) is 4.90 Å². The van der Waals surface area contributed by atoms with Crippen LogP contribution in [0.25, 0.3) is 0 Å². The Labute approximate surface area is 123 Å². The minimum Gasteiger partial charge on any atom is -0.338 e. The number of nitrogens with zero attached hydrogens (tertiary/aromatic N) is 1. The average Bonchev–Trinajstić information content (AvgIpc) is 2.37. The van der Waals surface area contributed by atoms with E-state index < -0.39 is 23.1 Å². The quantitative estimate of drug-likeness (QED) is 0.741. The fourth-order valence-corrected chi connectivity index (χ4v) is 2.91. The van der Waals surface area contributed by atoms with E-state index in [4.69, 9.17) is 11.6 Å². The van der Waals surface area contributed by atoms with Gasteiger partial charge in [0, 0.05) is 23.4 Å². The highest BCUT2D eigenvalue weighted by Gasteiger charge is 2.27. The molecule has 1 aromatic rings. The Balaban J connectivity index is 2.17. The highest BCUT2D eigenvalue weighted by molar-refractivity contribution is 9.10. The predicted molar refractivity (Wildman–Crippen MR) is 73.4 cm³/mol. The van der Waals surface area contributed by atoms with Crippen molar-refractivity contribution in [1.29, 1.82) is 0 Å². The summed E-state index contributed by atoms with van der Waals surface area (Å²) in [4.78, 5) is 13.6. The third-order valence-electron chi connectivity index (χ3n) is 3.34. The van der Waals surface area contributed by atoms with E-state index >= 15 is 0 Å². The molecule has 6 heteroatoms. The summed E-state index contributed by atoms with van der Waals surface area (Å²) in [5.74, 6) is -1.32. The molecule has 1 saturated heterocycles. The molecule has 2 nitrogen and oxygen atoms in total. The Hall–Kier alpha value is -0.680. The fourth-order valence-electron chi connectivity index (χ4n) is 2.19. The zero-order valence-corrected chi connectivity index (χ0v) is 12.5. The summed E-state index contributed by atoms with van der Waals surface area (Å²) < 4.78 is 27.7. The van der Waals surface area contributed by atoms with Crippen molar-refractivity contribution in [2.24, 2.45) is 5.92 Å². The van der Waals surface area contributed by atoms with Crippen molar-refractivity contribution in [2.45, 2.75) is 12.8 Å². The maximum absolute atomic E-state index is 13.7. The van der Waals surface area contributed by atoms with Crippen LogP contribution < -0.4 is 0 Å². The number of carbonyl (C=O) groups is 1. The molecule has 1 amide bonds. The zero-order chi connectivity index (χ0) is 14.0. The molecule has 0 bridgehead atoms. The number of hydrogen-bond donors (Lipinski definition) is 0. The van der Waals surface area contributed by atoms with Gasteiger partial charge in [-0.3, -0.25) is 4.79 Å². The Kier molecular flexibility index (Phi) is 4.79. The zero-order valence-electron chi connectivity index (χ0n) is 10.1. The van der Waals surface area contributed by atoms with E-state index in [9.17, 15) is 13.6 Å². The molecule has 0 unspecified atom stereocenters. The van der Waals surface area contributed by atoms with E-state index in [0.717, 1.165) is 25.0 Å². The van der Waals surface area contributed by atoms with E-state index in [1.54, 1.807) is 0 Å². The van der Waals surface area contributed by atoms with Gasteiger partial charge in [0.05, 0.1) is 0 Å². The van der Waals surface area contributed by atoms with Gasteiger partial charge in [0.2, 0.25) is 0 Å². The first-order valence-corrected chi connectivity index (χ1v) is 7.35. The first-order chi connectivity index (χ1) is 9.02. The van der Waals surface area contributed by atoms with Crippen molar-refractivity contribution in [3.05, 3.63) is 33.8 Å². The van der Waals surface area contributed by atoms with Gasteiger partial charge < -0.3 is 4.90 Å². The van der Waals surface area contributed by atoms with Crippen molar-refractivity contribution in [2.75, 3.05) is 19.0 Å². The maximum atomic E-state index is 13.7. The van der Waals surface area contributed by atoms with Crippen LogP contribution in [-0.2, 0) is 0 Å². The molecular weight excluding hydrogens is 340 g/mol. The molecule has 2 rings (SSSR count). The number of likely N-dealkylation sites (tertiary alicyclic amines) is 1. The molecule has 1 aliphatic rings. The van der Waals surface area contributed by atoms with Crippen LogP contribution in [-0.4, -0.2) is 29.8 Å². The topological polar surface area (TPSA) is 20.3 Å². The van der Waals surface area contributed by atoms with Crippen LogP contribution in [0.4, 0.5) is 8.78 Å². The van der Waals surface area contributed by atoms with Crippen molar-refractivity contribution < 1.29 is 13.6 Å². The fraction of sp³-hybridized carbons (Fsp3) is 0.462. The number of rotatable bonds is 2. The second-order valence-corrected chi connectivity index (χ2v) is 5.86. The van der Waals surface area contributed by atoms with Crippen LogP contribution in [0.2, 0.25) is 0 Å². The monoisotopic (exact) mass is 351 g/mol. The molecule has 0 aliphatic carbocycles. The van der Waals surface area contributed by atoms with Crippen LogP contribution in [0.15, 0.2) is 16.6 Å². The standard InChI is InChI=1S/C13H13BrClF2NO/c14-9-5-10(16)12(11(17)6-9)13(19)18-3-1-8(7-15)2-4-18/h5-6,8H,1-4,7H2. The minimum absolute atomic E-state index is 0.278. The van der Waals surface area contributed by atoms with Crippen LogP contribution in [0.1, 0.15) is 23.2 Å². The molecule has 0 saturated carbocycles. The second-order valence-electron chi connectivity index (χ2n) is 4.63. The lowest BCUT2D eigenvalue weighted by molar-refractivity contribution is 0.0688. The Bertz CT molecular complexity index is 467. The van der Waals surface area contributed by atoms with E-state index in [1.807, 2.05) is 0 Å². The van der Waals surface area contributed by atoms with Crippen molar-refractivity contribution in [1.82, 2.24) is 4.90 Å². The number of benzene rings is 1. The summed E-state index contributed by atoms with van der Waals surface area (Å²) in [5.41, 5.74) is -0.479. The van der Waals surface area contributed by atoms with Gasteiger partial charge in [-0.2, -0.15) is 0 Å². The molecule has 0 atom stereocenters. The predicted octanol–water partition coefficient (Wildman–Crippen LogP) is 3.82. The van der Waals surface area contributed by atoms with Crippen LogP contribution in [0, 0.1) is 17.6 Å². The molecule has 1 aromatic carbocycles. The Morgan fingerprint density at radius 1 is 1.32 bits per heavy atom. The van der Waals surface area contributed by atoms with Gasteiger partial charge in [0.25, 0.3) is 5.91 Å². The molecule has 1 heterocycles. The first kappa shape index (κ1) is 14.7. The summed E-state index contributed by atoms with van der Waals surface area (Å²) in [6.45, 7) is 0.982. The van der Waals surface area contributed by atoms with Gasteiger partial charge in [-0.15, -0.1) is 11.6 Å². The maximum Gasteiger partial charge on any atom is 0.259 e. The summed E-state index contributed by atoms with van der Waals surface area (Å²) in [6, 6.07) is 2.20. The van der Waals surface area contributed by atoms with Gasteiger partial charge in [0.1, 0.15) is 17.2 Å². The van der Waals surface area contributed by atoms with E-state index in [-0.39, 0.29) is 4.47 Å². The molecule has 1 aliphatic heterocycles. The molecule has 0 aromatic heterocycles. The molecular formula is C13H13BrClF2NO. The average molecular weight is 353 g/mol. The highest BCUT2D eigenvalue weighted by atomic mass is 79.9.